The van der Waals surface area contributed by atoms with E-state index in [1.807, 2.05) is 48.0 Å². The van der Waals surface area contributed by atoms with Crippen molar-refractivity contribution in [1.82, 2.24) is 14.7 Å². The fourth-order valence-corrected chi connectivity index (χ4v) is 3.74. The number of benzene rings is 1. The van der Waals surface area contributed by atoms with Gasteiger partial charge in [0.1, 0.15) is 4.83 Å². The Labute approximate surface area is 145 Å². The van der Waals surface area contributed by atoms with E-state index in [-0.39, 0.29) is 5.91 Å². The summed E-state index contributed by atoms with van der Waals surface area (Å²) in [4.78, 5) is 15.9. The molecule has 0 saturated heterocycles. The van der Waals surface area contributed by atoms with E-state index < -0.39 is 6.10 Å². The summed E-state index contributed by atoms with van der Waals surface area (Å²) in [5.41, 5.74) is 1.90. The predicted octanol–water partition coefficient (Wildman–Crippen LogP) is 3.24. The third kappa shape index (κ3) is 3.20. The molecule has 1 amide bonds. The summed E-state index contributed by atoms with van der Waals surface area (Å²) in [6, 6.07) is 11.8. The maximum Gasteiger partial charge on any atom is 0.263 e. The summed E-state index contributed by atoms with van der Waals surface area (Å²) < 4.78 is 1.89. The molecule has 0 aliphatic carbocycles. The van der Waals surface area contributed by atoms with E-state index in [9.17, 15) is 9.90 Å². The number of rotatable bonds is 5. The molecule has 2 aromatic heterocycles. The third-order valence-electron chi connectivity index (χ3n) is 3.99. The molecule has 0 aliphatic heterocycles. The molecule has 0 radical (unpaired) electrons. The highest BCUT2D eigenvalue weighted by molar-refractivity contribution is 7.20. The first-order valence-corrected chi connectivity index (χ1v) is 8.77. The van der Waals surface area contributed by atoms with Crippen molar-refractivity contribution in [1.29, 1.82) is 0 Å². The average Bonchev–Trinajstić information content (AvgIpc) is 3.13. The fourth-order valence-electron chi connectivity index (χ4n) is 2.57. The lowest BCUT2D eigenvalue weighted by atomic mass is 10.2. The first-order valence-electron chi connectivity index (χ1n) is 7.95. The molecular formula is C18H21N3O2S. The largest absolute Gasteiger partial charge is 0.393 e. The Morgan fingerprint density at radius 2 is 2.08 bits per heavy atom. The van der Waals surface area contributed by atoms with Crippen LogP contribution in [0.4, 0.5) is 0 Å². The monoisotopic (exact) mass is 343 g/mol. The van der Waals surface area contributed by atoms with Crippen molar-refractivity contribution in [3.8, 4) is 5.69 Å². The summed E-state index contributed by atoms with van der Waals surface area (Å²) in [5, 5.41) is 15.0. The van der Waals surface area contributed by atoms with Crippen molar-refractivity contribution in [3.63, 3.8) is 0 Å². The predicted molar refractivity (Wildman–Crippen MR) is 96.9 cm³/mol. The average molecular weight is 343 g/mol. The zero-order valence-corrected chi connectivity index (χ0v) is 14.9. The molecule has 0 aliphatic rings. The van der Waals surface area contributed by atoms with Gasteiger partial charge in [-0.2, -0.15) is 5.10 Å². The number of carbonyl (C=O) groups excluding carboxylic acids is 1. The zero-order valence-electron chi connectivity index (χ0n) is 14.1. The Bertz CT molecular complexity index is 852. The minimum atomic E-state index is -0.406. The molecule has 2 heterocycles. The zero-order chi connectivity index (χ0) is 17.3. The van der Waals surface area contributed by atoms with Crippen molar-refractivity contribution in [2.45, 2.75) is 26.4 Å². The second kappa shape index (κ2) is 6.75. The SMILES string of the molecule is Cc1nn(-c2ccccc2)c2sc(C(=O)N(C)CCC(C)O)cc12. The van der Waals surface area contributed by atoms with E-state index >= 15 is 0 Å². The minimum Gasteiger partial charge on any atom is -0.393 e. The fraction of sp³-hybridized carbons (Fsp3) is 0.333. The van der Waals surface area contributed by atoms with Gasteiger partial charge in [0.15, 0.2) is 0 Å². The Hall–Kier alpha value is -2.18. The minimum absolute atomic E-state index is 0.0177. The molecule has 3 rings (SSSR count). The van der Waals surface area contributed by atoms with Gasteiger partial charge < -0.3 is 10.0 Å². The van der Waals surface area contributed by atoms with Gasteiger partial charge in [0.05, 0.1) is 22.4 Å². The maximum atomic E-state index is 12.6. The van der Waals surface area contributed by atoms with Crippen LogP contribution in [0.5, 0.6) is 0 Å². The van der Waals surface area contributed by atoms with Crippen LogP contribution in [0.15, 0.2) is 36.4 Å². The van der Waals surface area contributed by atoms with Gasteiger partial charge in [0, 0.05) is 19.0 Å². The van der Waals surface area contributed by atoms with E-state index in [4.69, 9.17) is 0 Å². The maximum absolute atomic E-state index is 12.6. The number of carbonyl (C=O) groups is 1. The standard InChI is InChI=1S/C18H21N3O2S/c1-12(22)9-10-20(3)17(23)16-11-15-13(2)19-21(18(15)24-16)14-7-5-4-6-8-14/h4-8,11-12,22H,9-10H2,1-3H3. The number of amides is 1. The summed E-state index contributed by atoms with van der Waals surface area (Å²) in [7, 11) is 1.77. The Kier molecular flexibility index (Phi) is 4.69. The summed E-state index contributed by atoms with van der Waals surface area (Å²) in [5.74, 6) is -0.0177. The van der Waals surface area contributed by atoms with Gasteiger partial charge >= 0.3 is 0 Å². The summed E-state index contributed by atoms with van der Waals surface area (Å²) in [6.45, 7) is 4.23. The van der Waals surface area contributed by atoms with E-state index in [0.717, 1.165) is 21.6 Å². The number of fused-ring (bicyclic) bond motifs is 1. The number of aliphatic hydroxyl groups is 1. The van der Waals surface area contributed by atoms with Crippen LogP contribution in [0.3, 0.4) is 0 Å². The lowest BCUT2D eigenvalue weighted by Crippen LogP contribution is -2.28. The Morgan fingerprint density at radius 3 is 2.75 bits per heavy atom. The van der Waals surface area contributed by atoms with Gasteiger partial charge in [-0.25, -0.2) is 4.68 Å². The smallest absolute Gasteiger partial charge is 0.263 e. The number of hydrogen-bond acceptors (Lipinski definition) is 4. The highest BCUT2D eigenvalue weighted by atomic mass is 32.1. The number of aromatic nitrogens is 2. The first-order chi connectivity index (χ1) is 11.5. The Balaban J connectivity index is 1.93. The molecule has 1 N–H and O–H groups in total. The number of aryl methyl sites for hydroxylation is 1. The van der Waals surface area contributed by atoms with Gasteiger partial charge in [0.2, 0.25) is 0 Å². The summed E-state index contributed by atoms with van der Waals surface area (Å²) in [6.07, 6.45) is 0.167. The van der Waals surface area contributed by atoms with Crippen molar-refractivity contribution >= 4 is 27.5 Å². The van der Waals surface area contributed by atoms with Crippen molar-refractivity contribution in [3.05, 3.63) is 47.0 Å². The van der Waals surface area contributed by atoms with Gasteiger partial charge in [-0.1, -0.05) is 18.2 Å². The van der Waals surface area contributed by atoms with E-state index in [1.165, 1.54) is 11.3 Å². The lowest BCUT2D eigenvalue weighted by Gasteiger charge is -2.16. The van der Waals surface area contributed by atoms with Gasteiger partial charge in [-0.15, -0.1) is 11.3 Å². The lowest BCUT2D eigenvalue weighted by molar-refractivity contribution is 0.0773. The van der Waals surface area contributed by atoms with Crippen LogP contribution in [-0.2, 0) is 0 Å². The topological polar surface area (TPSA) is 58.4 Å². The number of nitrogens with zero attached hydrogens (tertiary/aromatic N) is 3. The van der Waals surface area contributed by atoms with Crippen LogP contribution in [0.25, 0.3) is 15.9 Å². The van der Waals surface area contributed by atoms with Crippen LogP contribution in [-0.4, -0.2) is 45.4 Å². The molecule has 1 aromatic carbocycles. The van der Waals surface area contributed by atoms with Crippen LogP contribution >= 0.6 is 11.3 Å². The molecule has 6 heteroatoms. The van der Waals surface area contributed by atoms with Crippen LogP contribution in [0.1, 0.15) is 28.7 Å². The highest BCUT2D eigenvalue weighted by Gasteiger charge is 2.19. The molecule has 1 unspecified atom stereocenters. The molecule has 0 spiro atoms. The van der Waals surface area contributed by atoms with Gasteiger partial charge in [0.25, 0.3) is 5.91 Å². The van der Waals surface area contributed by atoms with Crippen molar-refractivity contribution in [2.75, 3.05) is 13.6 Å². The molecule has 3 aromatic rings. The summed E-state index contributed by atoms with van der Waals surface area (Å²) >= 11 is 1.46. The number of thiophene rings is 1. The molecule has 5 nitrogen and oxygen atoms in total. The van der Waals surface area contributed by atoms with Crippen LogP contribution < -0.4 is 0 Å². The quantitative estimate of drug-likeness (QED) is 0.774. The van der Waals surface area contributed by atoms with Crippen LogP contribution in [0, 0.1) is 6.92 Å². The molecule has 1 atom stereocenters. The first kappa shape index (κ1) is 16.7. The second-order valence-corrected chi connectivity index (χ2v) is 7.06. The number of hydrogen-bond donors (Lipinski definition) is 1. The Morgan fingerprint density at radius 1 is 1.38 bits per heavy atom. The normalized spacial score (nSPS) is 12.5. The van der Waals surface area contributed by atoms with E-state index in [2.05, 4.69) is 5.10 Å². The third-order valence-corrected chi connectivity index (χ3v) is 5.08. The van der Waals surface area contributed by atoms with Crippen molar-refractivity contribution in [2.24, 2.45) is 0 Å². The van der Waals surface area contributed by atoms with Crippen LogP contribution in [0.2, 0.25) is 0 Å². The number of aliphatic hydroxyl groups excluding tert-OH is 1. The van der Waals surface area contributed by atoms with Gasteiger partial charge in [-0.3, -0.25) is 4.79 Å². The van der Waals surface area contributed by atoms with Gasteiger partial charge in [-0.05, 0) is 38.5 Å². The molecule has 24 heavy (non-hydrogen) atoms. The molecular weight excluding hydrogens is 322 g/mol. The number of para-hydroxylation sites is 1. The molecule has 0 bridgehead atoms. The molecule has 0 fully saturated rings. The molecule has 0 saturated carbocycles. The second-order valence-electron chi connectivity index (χ2n) is 6.03. The highest BCUT2D eigenvalue weighted by Crippen LogP contribution is 2.31. The van der Waals surface area contributed by atoms with Crippen molar-refractivity contribution < 1.29 is 9.90 Å². The van der Waals surface area contributed by atoms with E-state index in [0.29, 0.717) is 17.8 Å². The van der Waals surface area contributed by atoms with E-state index in [1.54, 1.807) is 18.9 Å². The molecule has 126 valence electrons.